The van der Waals surface area contributed by atoms with Crippen LogP contribution in [0.3, 0.4) is 0 Å². The Hall–Kier alpha value is -3.82. The minimum atomic E-state index is -0.910. The maximum absolute atomic E-state index is 10.6. The lowest BCUT2D eigenvalue weighted by Crippen LogP contribution is -2.40. The third-order valence-electron chi connectivity index (χ3n) is 9.16. The Morgan fingerprint density at radius 1 is 1.02 bits per heavy atom. The van der Waals surface area contributed by atoms with E-state index in [1.807, 2.05) is 29.0 Å². The number of anilines is 2. The summed E-state index contributed by atoms with van der Waals surface area (Å²) in [4.78, 5) is 24.7. The van der Waals surface area contributed by atoms with Crippen LogP contribution in [0.1, 0.15) is 56.6 Å². The predicted molar refractivity (Wildman–Crippen MR) is 190 cm³/mol. The number of piperidine rings is 2. The Bertz CT molecular complexity index is 1480. The zero-order valence-electron chi connectivity index (χ0n) is 29.3. The molecule has 2 aliphatic heterocycles. The number of carboxylic acids is 1. The summed E-state index contributed by atoms with van der Waals surface area (Å²) in [5.41, 5.74) is 2.97. The maximum atomic E-state index is 10.6. The van der Waals surface area contributed by atoms with Crippen LogP contribution in [0.5, 0.6) is 5.88 Å². The van der Waals surface area contributed by atoms with Crippen molar-refractivity contribution in [1.82, 2.24) is 24.5 Å². The minimum absolute atomic E-state index is 0.175. The van der Waals surface area contributed by atoms with Crippen LogP contribution in [0.4, 0.5) is 11.6 Å². The molecule has 0 aliphatic carbocycles. The smallest absolute Gasteiger partial charge is 0.328 e. The van der Waals surface area contributed by atoms with Gasteiger partial charge in [-0.15, -0.1) is 0 Å². The third-order valence-corrected chi connectivity index (χ3v) is 9.16. The van der Waals surface area contributed by atoms with Gasteiger partial charge in [-0.05, 0) is 50.5 Å². The Balaban J connectivity index is 0.961. The average Bonchev–Trinajstić information content (AvgIpc) is 3.56. The number of aryl methyl sites for hydroxylation is 1. The molecule has 0 saturated carbocycles. The SMILES string of the molecule is CCc1cnn2c(NCc3ccc(OCCOCCOCCOC4CCN(C/C=C/C(=O)O)CC4)nc3)cc(N3CCCC[C@H]3CCO)nc12. The van der Waals surface area contributed by atoms with Crippen molar-refractivity contribution < 1.29 is 34.0 Å². The van der Waals surface area contributed by atoms with Crippen molar-refractivity contribution in [3.63, 3.8) is 0 Å². The maximum Gasteiger partial charge on any atom is 0.328 e. The lowest BCUT2D eigenvalue weighted by molar-refractivity contribution is -0.131. The van der Waals surface area contributed by atoms with Crippen molar-refractivity contribution in [1.29, 1.82) is 0 Å². The number of nitrogens with one attached hydrogen (secondary N) is 1. The first-order valence-corrected chi connectivity index (χ1v) is 18.0. The van der Waals surface area contributed by atoms with Gasteiger partial charge in [0, 0.05) is 75.3 Å². The highest BCUT2D eigenvalue weighted by Crippen LogP contribution is 2.29. The highest BCUT2D eigenvalue weighted by atomic mass is 16.6. The first-order valence-electron chi connectivity index (χ1n) is 18.0. The molecular formula is C36H53N7O7. The molecule has 0 spiro atoms. The van der Waals surface area contributed by atoms with Crippen molar-refractivity contribution in [3.8, 4) is 5.88 Å². The molecule has 2 saturated heterocycles. The van der Waals surface area contributed by atoms with Crippen LogP contribution in [-0.4, -0.2) is 125 Å². The van der Waals surface area contributed by atoms with Crippen LogP contribution in [0.2, 0.25) is 0 Å². The van der Waals surface area contributed by atoms with Gasteiger partial charge >= 0.3 is 5.97 Å². The van der Waals surface area contributed by atoms with E-state index < -0.39 is 5.97 Å². The number of aliphatic hydroxyl groups excluding tert-OH is 1. The Morgan fingerprint density at radius 2 is 1.82 bits per heavy atom. The number of aromatic nitrogens is 4. The molecule has 0 radical (unpaired) electrons. The first kappa shape index (κ1) is 37.4. The van der Waals surface area contributed by atoms with E-state index in [0.717, 1.165) is 86.6 Å². The summed E-state index contributed by atoms with van der Waals surface area (Å²) < 4.78 is 24.8. The van der Waals surface area contributed by atoms with Crippen LogP contribution in [0.25, 0.3) is 5.65 Å². The lowest BCUT2D eigenvalue weighted by atomic mass is 9.99. The van der Waals surface area contributed by atoms with Gasteiger partial charge in [-0.25, -0.2) is 14.8 Å². The number of carbonyl (C=O) groups is 1. The van der Waals surface area contributed by atoms with E-state index in [-0.39, 0.29) is 18.8 Å². The molecule has 1 atom stereocenters. The Kier molecular flexibility index (Phi) is 15.1. The van der Waals surface area contributed by atoms with E-state index in [4.69, 9.17) is 29.0 Å². The van der Waals surface area contributed by atoms with Crippen LogP contribution in [0.15, 0.2) is 42.7 Å². The number of hydrogen-bond donors (Lipinski definition) is 3. The second-order valence-corrected chi connectivity index (χ2v) is 12.7. The molecule has 50 heavy (non-hydrogen) atoms. The van der Waals surface area contributed by atoms with Crippen molar-refractivity contribution >= 4 is 23.3 Å². The quantitative estimate of drug-likeness (QED) is 0.110. The number of pyridine rings is 1. The van der Waals surface area contributed by atoms with E-state index in [2.05, 4.69) is 38.2 Å². The summed E-state index contributed by atoms with van der Waals surface area (Å²) in [6.07, 6.45) is 13.6. The monoisotopic (exact) mass is 695 g/mol. The van der Waals surface area contributed by atoms with E-state index in [9.17, 15) is 9.90 Å². The van der Waals surface area contributed by atoms with E-state index >= 15 is 0 Å². The number of rotatable bonds is 21. The lowest BCUT2D eigenvalue weighted by Gasteiger charge is -2.36. The molecule has 274 valence electrons. The van der Waals surface area contributed by atoms with Gasteiger partial charge in [0.25, 0.3) is 0 Å². The topological polar surface area (TPSA) is 156 Å². The van der Waals surface area contributed by atoms with Gasteiger partial charge in [0.15, 0.2) is 5.65 Å². The van der Waals surface area contributed by atoms with Crippen molar-refractivity contribution in [2.45, 2.75) is 70.6 Å². The second kappa shape index (κ2) is 20.1. The molecule has 0 amide bonds. The number of likely N-dealkylation sites (tertiary alicyclic amines) is 1. The molecule has 5 rings (SSSR count). The molecule has 3 N–H and O–H groups in total. The Labute approximate surface area is 294 Å². The Morgan fingerprint density at radius 3 is 2.56 bits per heavy atom. The highest BCUT2D eigenvalue weighted by Gasteiger charge is 2.25. The van der Waals surface area contributed by atoms with Gasteiger partial charge < -0.3 is 39.4 Å². The summed E-state index contributed by atoms with van der Waals surface area (Å²) in [6, 6.07) is 6.22. The number of ether oxygens (including phenoxy) is 4. The summed E-state index contributed by atoms with van der Waals surface area (Å²) in [5, 5.41) is 26.5. The number of carboxylic acid groups (broad SMARTS) is 1. The molecule has 3 aromatic heterocycles. The molecule has 14 heteroatoms. The van der Waals surface area contributed by atoms with E-state index in [0.29, 0.717) is 58.6 Å². The molecule has 0 bridgehead atoms. The molecule has 2 aliphatic rings. The van der Waals surface area contributed by atoms with Crippen LogP contribution in [0, 0.1) is 0 Å². The van der Waals surface area contributed by atoms with Crippen molar-refractivity contribution in [3.05, 3.63) is 53.9 Å². The zero-order valence-corrected chi connectivity index (χ0v) is 29.3. The fourth-order valence-electron chi connectivity index (χ4n) is 6.42. The zero-order chi connectivity index (χ0) is 35.0. The molecular weight excluding hydrogens is 642 g/mol. The minimum Gasteiger partial charge on any atom is -0.478 e. The van der Waals surface area contributed by atoms with E-state index in [1.54, 1.807) is 6.08 Å². The fraction of sp³-hybridized carbons (Fsp3) is 0.611. The number of aliphatic hydroxyl groups is 1. The van der Waals surface area contributed by atoms with Crippen molar-refractivity contribution in [2.24, 2.45) is 0 Å². The normalized spacial score (nSPS) is 17.6. The number of hydrogen-bond acceptors (Lipinski definition) is 12. The number of nitrogens with zero attached hydrogens (tertiary/aromatic N) is 6. The van der Waals surface area contributed by atoms with Gasteiger partial charge in [-0.3, -0.25) is 4.90 Å². The van der Waals surface area contributed by atoms with Crippen LogP contribution >= 0.6 is 0 Å². The fourth-order valence-corrected chi connectivity index (χ4v) is 6.42. The predicted octanol–water partition coefficient (Wildman–Crippen LogP) is 3.57. The molecule has 3 aromatic rings. The van der Waals surface area contributed by atoms with E-state index in [1.165, 1.54) is 12.5 Å². The molecule has 0 aromatic carbocycles. The largest absolute Gasteiger partial charge is 0.478 e. The summed E-state index contributed by atoms with van der Waals surface area (Å²) in [7, 11) is 0. The standard InChI is InChI=1S/C36H53N7O7/c1-2-29-27-39-43-32(24-33(40-36(29)43)42-14-4-3-6-30(42)12-17-44)37-25-28-8-9-34(38-26-28)50-23-21-48-19-18-47-20-22-49-31-10-15-41(16-11-31)13-5-7-35(45)46/h5,7-9,24,26-27,30-31,37,44H,2-4,6,10-23,25H2,1H3,(H,45,46)/b7-5+/t30-/m0/s1. The van der Waals surface area contributed by atoms with Gasteiger partial charge in [0.2, 0.25) is 5.88 Å². The average molecular weight is 696 g/mol. The van der Waals surface area contributed by atoms with Crippen molar-refractivity contribution in [2.75, 3.05) is 82.6 Å². The number of aliphatic carboxylic acids is 1. The third kappa shape index (κ3) is 11.4. The molecule has 0 unspecified atom stereocenters. The van der Waals surface area contributed by atoms with Gasteiger partial charge in [0.05, 0.1) is 45.3 Å². The van der Waals surface area contributed by atoms with Crippen LogP contribution < -0.4 is 15.0 Å². The summed E-state index contributed by atoms with van der Waals surface area (Å²) in [5.74, 6) is 1.43. The first-order chi connectivity index (χ1) is 24.5. The summed E-state index contributed by atoms with van der Waals surface area (Å²) >= 11 is 0. The highest BCUT2D eigenvalue weighted by molar-refractivity contribution is 5.79. The summed E-state index contributed by atoms with van der Waals surface area (Å²) in [6.45, 7) is 9.11. The van der Waals surface area contributed by atoms with Crippen LogP contribution in [-0.2, 0) is 32.0 Å². The molecule has 14 nitrogen and oxygen atoms in total. The molecule has 2 fully saturated rings. The number of fused-ring (bicyclic) bond motifs is 1. The van der Waals surface area contributed by atoms with Gasteiger partial charge in [-0.2, -0.15) is 9.61 Å². The van der Waals surface area contributed by atoms with Gasteiger partial charge in [-0.1, -0.05) is 19.1 Å². The van der Waals surface area contributed by atoms with Gasteiger partial charge in [0.1, 0.15) is 18.2 Å². The molecule has 5 heterocycles. The second-order valence-electron chi connectivity index (χ2n) is 12.7.